The summed E-state index contributed by atoms with van der Waals surface area (Å²) in [4.78, 5) is 2.35. The Bertz CT molecular complexity index is 513. The first-order chi connectivity index (χ1) is 9.33. The zero-order chi connectivity index (χ0) is 13.1. The second-order valence-electron chi connectivity index (χ2n) is 5.13. The van der Waals surface area contributed by atoms with Crippen LogP contribution in [0.3, 0.4) is 0 Å². The first-order valence-electron chi connectivity index (χ1n) is 6.91. The highest BCUT2D eigenvalue weighted by atomic mass is 16.3. The zero-order valence-corrected chi connectivity index (χ0v) is 11.0. The molecule has 1 N–H and O–H groups in total. The van der Waals surface area contributed by atoms with Crippen molar-refractivity contribution in [1.29, 1.82) is 0 Å². The highest BCUT2D eigenvalue weighted by Gasteiger charge is 2.16. The van der Waals surface area contributed by atoms with Crippen molar-refractivity contribution in [3.8, 4) is 11.1 Å². The third kappa shape index (κ3) is 2.79. The average Bonchev–Trinajstić information content (AvgIpc) is 2.49. The Morgan fingerprint density at radius 1 is 0.789 bits per heavy atom. The van der Waals surface area contributed by atoms with Gasteiger partial charge in [0.05, 0.1) is 6.10 Å². The normalized spacial score (nSPS) is 16.6. The van der Waals surface area contributed by atoms with Crippen LogP contribution in [0.4, 0.5) is 5.69 Å². The molecule has 3 rings (SSSR count). The molecule has 1 aliphatic heterocycles. The molecule has 19 heavy (non-hydrogen) atoms. The number of benzene rings is 2. The van der Waals surface area contributed by atoms with Gasteiger partial charge in [0.15, 0.2) is 0 Å². The number of nitrogens with zero attached hydrogens (tertiary/aromatic N) is 1. The van der Waals surface area contributed by atoms with Crippen LogP contribution in [0.25, 0.3) is 11.1 Å². The molecule has 0 bridgehead atoms. The number of rotatable bonds is 2. The Kier molecular flexibility index (Phi) is 3.51. The summed E-state index contributed by atoms with van der Waals surface area (Å²) in [6, 6.07) is 19.1. The quantitative estimate of drug-likeness (QED) is 0.887. The molecule has 0 aliphatic carbocycles. The van der Waals surface area contributed by atoms with Crippen molar-refractivity contribution in [3.63, 3.8) is 0 Å². The van der Waals surface area contributed by atoms with Gasteiger partial charge in [-0.25, -0.2) is 0 Å². The first kappa shape index (κ1) is 12.2. The van der Waals surface area contributed by atoms with Crippen molar-refractivity contribution in [2.45, 2.75) is 18.9 Å². The van der Waals surface area contributed by atoms with Gasteiger partial charge in [0.1, 0.15) is 0 Å². The molecule has 0 spiro atoms. The summed E-state index contributed by atoms with van der Waals surface area (Å²) in [6.45, 7) is 1.90. The van der Waals surface area contributed by atoms with Crippen molar-refractivity contribution in [1.82, 2.24) is 0 Å². The molecule has 1 aliphatic rings. The fraction of sp³-hybridized carbons (Fsp3) is 0.294. The SMILES string of the molecule is OC1CCN(c2ccc(-c3ccccc3)cc2)CC1. The van der Waals surface area contributed by atoms with Crippen molar-refractivity contribution in [2.75, 3.05) is 18.0 Å². The molecule has 0 unspecified atom stereocenters. The van der Waals surface area contributed by atoms with Crippen LogP contribution >= 0.6 is 0 Å². The zero-order valence-electron chi connectivity index (χ0n) is 11.0. The minimum atomic E-state index is -0.111. The predicted molar refractivity (Wildman–Crippen MR) is 79.3 cm³/mol. The Morgan fingerprint density at radius 3 is 2.00 bits per heavy atom. The van der Waals surface area contributed by atoms with E-state index in [-0.39, 0.29) is 6.10 Å². The van der Waals surface area contributed by atoms with Gasteiger partial charge in [0.2, 0.25) is 0 Å². The van der Waals surface area contributed by atoms with Gasteiger partial charge >= 0.3 is 0 Å². The standard InChI is InChI=1S/C17H19NO/c19-17-10-12-18(13-11-17)16-8-6-15(7-9-16)14-4-2-1-3-5-14/h1-9,17,19H,10-13H2. The largest absolute Gasteiger partial charge is 0.393 e. The van der Waals surface area contributed by atoms with Crippen LogP contribution in [0, 0.1) is 0 Å². The summed E-state index contributed by atoms with van der Waals surface area (Å²) >= 11 is 0. The lowest BCUT2D eigenvalue weighted by Gasteiger charge is -2.31. The molecule has 0 amide bonds. The third-order valence-corrected chi connectivity index (χ3v) is 3.80. The molecule has 98 valence electrons. The molecule has 2 aromatic rings. The lowest BCUT2D eigenvalue weighted by atomic mass is 10.0. The van der Waals surface area contributed by atoms with Crippen LogP contribution in [-0.4, -0.2) is 24.3 Å². The van der Waals surface area contributed by atoms with E-state index in [0.717, 1.165) is 25.9 Å². The molecular weight excluding hydrogens is 234 g/mol. The van der Waals surface area contributed by atoms with Gasteiger partial charge < -0.3 is 10.0 Å². The van der Waals surface area contributed by atoms with E-state index in [2.05, 4.69) is 53.4 Å². The molecule has 2 heteroatoms. The van der Waals surface area contributed by atoms with Gasteiger partial charge in [0.25, 0.3) is 0 Å². The second kappa shape index (κ2) is 5.45. The van der Waals surface area contributed by atoms with E-state index in [1.54, 1.807) is 0 Å². The molecule has 1 saturated heterocycles. The van der Waals surface area contributed by atoms with Gasteiger partial charge in [0, 0.05) is 18.8 Å². The Balaban J connectivity index is 1.76. The van der Waals surface area contributed by atoms with Gasteiger partial charge in [-0.3, -0.25) is 0 Å². The van der Waals surface area contributed by atoms with Crippen LogP contribution in [0.15, 0.2) is 54.6 Å². The van der Waals surface area contributed by atoms with Crippen molar-refractivity contribution in [2.24, 2.45) is 0 Å². The molecular formula is C17H19NO. The summed E-state index contributed by atoms with van der Waals surface area (Å²) in [5, 5.41) is 9.54. The summed E-state index contributed by atoms with van der Waals surface area (Å²) < 4.78 is 0. The molecule has 0 radical (unpaired) electrons. The number of piperidine rings is 1. The lowest BCUT2D eigenvalue weighted by Crippen LogP contribution is -2.35. The average molecular weight is 253 g/mol. The van der Waals surface area contributed by atoms with E-state index in [4.69, 9.17) is 0 Å². The maximum Gasteiger partial charge on any atom is 0.0574 e. The van der Waals surface area contributed by atoms with Crippen molar-refractivity contribution < 1.29 is 5.11 Å². The summed E-state index contributed by atoms with van der Waals surface area (Å²) in [6.07, 6.45) is 1.64. The lowest BCUT2D eigenvalue weighted by molar-refractivity contribution is 0.145. The molecule has 1 fully saturated rings. The van der Waals surface area contributed by atoms with Crippen LogP contribution in [-0.2, 0) is 0 Å². The van der Waals surface area contributed by atoms with E-state index in [1.807, 2.05) is 6.07 Å². The number of hydrogen-bond donors (Lipinski definition) is 1. The molecule has 2 aromatic carbocycles. The van der Waals surface area contributed by atoms with E-state index < -0.39 is 0 Å². The highest BCUT2D eigenvalue weighted by molar-refractivity contribution is 5.66. The maximum atomic E-state index is 9.54. The van der Waals surface area contributed by atoms with E-state index in [9.17, 15) is 5.11 Å². The fourth-order valence-corrected chi connectivity index (χ4v) is 2.62. The fourth-order valence-electron chi connectivity index (χ4n) is 2.62. The van der Waals surface area contributed by atoms with E-state index in [1.165, 1.54) is 16.8 Å². The third-order valence-electron chi connectivity index (χ3n) is 3.80. The van der Waals surface area contributed by atoms with Crippen molar-refractivity contribution >= 4 is 5.69 Å². The number of anilines is 1. The van der Waals surface area contributed by atoms with Gasteiger partial charge in [-0.2, -0.15) is 0 Å². The van der Waals surface area contributed by atoms with Crippen molar-refractivity contribution in [3.05, 3.63) is 54.6 Å². The van der Waals surface area contributed by atoms with E-state index >= 15 is 0 Å². The molecule has 0 saturated carbocycles. The van der Waals surface area contributed by atoms with Crippen LogP contribution in [0.5, 0.6) is 0 Å². The van der Waals surface area contributed by atoms with Gasteiger partial charge in [-0.1, -0.05) is 42.5 Å². The van der Waals surface area contributed by atoms with Crippen LogP contribution < -0.4 is 4.90 Å². The minimum absolute atomic E-state index is 0.111. The number of aliphatic hydroxyl groups is 1. The molecule has 0 atom stereocenters. The van der Waals surface area contributed by atoms with Gasteiger partial charge in [-0.05, 0) is 36.1 Å². The molecule has 1 heterocycles. The topological polar surface area (TPSA) is 23.5 Å². The van der Waals surface area contributed by atoms with Crippen LogP contribution in [0.1, 0.15) is 12.8 Å². The molecule has 2 nitrogen and oxygen atoms in total. The van der Waals surface area contributed by atoms with Gasteiger partial charge in [-0.15, -0.1) is 0 Å². The first-order valence-corrected chi connectivity index (χ1v) is 6.91. The number of aliphatic hydroxyl groups excluding tert-OH is 1. The smallest absolute Gasteiger partial charge is 0.0574 e. The van der Waals surface area contributed by atoms with E-state index in [0.29, 0.717) is 0 Å². The highest BCUT2D eigenvalue weighted by Crippen LogP contribution is 2.25. The Hall–Kier alpha value is -1.80. The minimum Gasteiger partial charge on any atom is -0.393 e. The number of hydrogen-bond acceptors (Lipinski definition) is 2. The summed E-state index contributed by atoms with van der Waals surface area (Å²) in [7, 11) is 0. The monoisotopic (exact) mass is 253 g/mol. The molecule has 0 aromatic heterocycles. The Labute approximate surface area is 114 Å². The summed E-state index contributed by atoms with van der Waals surface area (Å²) in [5.74, 6) is 0. The Morgan fingerprint density at radius 2 is 1.37 bits per heavy atom. The second-order valence-corrected chi connectivity index (χ2v) is 5.13. The summed E-state index contributed by atoms with van der Waals surface area (Å²) in [5.41, 5.74) is 3.76. The maximum absolute atomic E-state index is 9.54. The predicted octanol–water partition coefficient (Wildman–Crippen LogP) is 3.31. The van der Waals surface area contributed by atoms with Crippen LogP contribution in [0.2, 0.25) is 0 Å².